The summed E-state index contributed by atoms with van der Waals surface area (Å²) in [6.07, 6.45) is 0.762. The van der Waals surface area contributed by atoms with E-state index in [0.29, 0.717) is 5.69 Å². The molecule has 0 aliphatic rings. The SMILES string of the molecule is CC(=O)c1n[nH]nc1CC(C)(C)C. The van der Waals surface area contributed by atoms with E-state index in [-0.39, 0.29) is 11.2 Å². The lowest BCUT2D eigenvalue weighted by molar-refractivity contribution is 0.101. The van der Waals surface area contributed by atoms with Crippen LogP contribution in [0, 0.1) is 5.41 Å². The third-order valence-corrected chi connectivity index (χ3v) is 1.65. The molecule has 1 aromatic rings. The number of H-pyrrole nitrogens is 1. The highest BCUT2D eigenvalue weighted by Crippen LogP contribution is 2.20. The summed E-state index contributed by atoms with van der Waals surface area (Å²) in [5, 5.41) is 10.3. The van der Waals surface area contributed by atoms with Crippen molar-refractivity contribution in [1.29, 1.82) is 0 Å². The highest BCUT2D eigenvalue weighted by molar-refractivity contribution is 5.92. The summed E-state index contributed by atoms with van der Waals surface area (Å²) in [4.78, 5) is 11.1. The molecule has 0 amide bonds. The van der Waals surface area contributed by atoms with Gasteiger partial charge in [-0.05, 0) is 11.8 Å². The van der Waals surface area contributed by atoms with E-state index in [4.69, 9.17) is 0 Å². The summed E-state index contributed by atoms with van der Waals surface area (Å²) in [5.74, 6) is -0.0343. The summed E-state index contributed by atoms with van der Waals surface area (Å²) >= 11 is 0. The molecule has 0 aliphatic heterocycles. The molecule has 72 valence electrons. The first-order valence-corrected chi connectivity index (χ1v) is 4.31. The van der Waals surface area contributed by atoms with Crippen LogP contribution in [0.2, 0.25) is 0 Å². The Morgan fingerprint density at radius 2 is 2.00 bits per heavy atom. The molecule has 1 rings (SSSR count). The van der Waals surface area contributed by atoms with Crippen LogP contribution in [0.4, 0.5) is 0 Å². The third kappa shape index (κ3) is 2.65. The van der Waals surface area contributed by atoms with Crippen LogP contribution in [0.1, 0.15) is 43.9 Å². The Balaban J connectivity index is 2.89. The molecule has 0 atom stereocenters. The number of Topliss-reactive ketones (excluding diaryl/α,β-unsaturated/α-hetero) is 1. The number of nitrogens with zero attached hydrogens (tertiary/aromatic N) is 2. The molecule has 0 unspecified atom stereocenters. The average Bonchev–Trinajstić information content (AvgIpc) is 2.31. The zero-order valence-corrected chi connectivity index (χ0v) is 8.51. The van der Waals surface area contributed by atoms with E-state index in [0.717, 1.165) is 12.1 Å². The summed E-state index contributed by atoms with van der Waals surface area (Å²) in [6, 6.07) is 0. The van der Waals surface area contributed by atoms with Gasteiger partial charge < -0.3 is 0 Å². The lowest BCUT2D eigenvalue weighted by Gasteiger charge is -2.15. The molecule has 4 heteroatoms. The van der Waals surface area contributed by atoms with Crippen molar-refractivity contribution in [3.8, 4) is 0 Å². The largest absolute Gasteiger partial charge is 0.293 e. The van der Waals surface area contributed by atoms with Gasteiger partial charge in [-0.1, -0.05) is 20.8 Å². The standard InChI is InChI=1S/C9H15N3O/c1-6(13)8-7(10-12-11-8)5-9(2,3)4/h5H2,1-4H3,(H,10,11,12). The van der Waals surface area contributed by atoms with Crippen molar-refractivity contribution in [3.05, 3.63) is 11.4 Å². The van der Waals surface area contributed by atoms with E-state index >= 15 is 0 Å². The van der Waals surface area contributed by atoms with Crippen molar-refractivity contribution in [2.45, 2.75) is 34.1 Å². The summed E-state index contributed by atoms with van der Waals surface area (Å²) in [5.41, 5.74) is 1.36. The first-order chi connectivity index (χ1) is 5.90. The van der Waals surface area contributed by atoms with Crippen molar-refractivity contribution >= 4 is 5.78 Å². The van der Waals surface area contributed by atoms with E-state index in [1.165, 1.54) is 6.92 Å². The van der Waals surface area contributed by atoms with Crippen LogP contribution in [-0.4, -0.2) is 21.2 Å². The predicted octanol–water partition coefficient (Wildman–Crippen LogP) is 1.60. The third-order valence-electron chi connectivity index (χ3n) is 1.65. The van der Waals surface area contributed by atoms with Crippen LogP contribution in [0.3, 0.4) is 0 Å². The maximum atomic E-state index is 11.1. The predicted molar refractivity (Wildman–Crippen MR) is 49.5 cm³/mol. The first kappa shape index (κ1) is 9.89. The lowest BCUT2D eigenvalue weighted by Crippen LogP contribution is -2.12. The van der Waals surface area contributed by atoms with Gasteiger partial charge in [-0.2, -0.15) is 15.4 Å². The van der Waals surface area contributed by atoms with Crippen molar-refractivity contribution < 1.29 is 4.79 Å². The molecule has 0 fully saturated rings. The minimum atomic E-state index is -0.0343. The number of hydrogen-bond donors (Lipinski definition) is 1. The number of ketones is 1. The minimum Gasteiger partial charge on any atom is -0.293 e. The number of aromatic amines is 1. The average molecular weight is 181 g/mol. The minimum absolute atomic E-state index is 0.0343. The second kappa shape index (κ2) is 3.28. The molecule has 0 aromatic carbocycles. The molecule has 1 aromatic heterocycles. The Hall–Kier alpha value is -1.19. The molecular weight excluding hydrogens is 166 g/mol. The fourth-order valence-electron chi connectivity index (χ4n) is 1.16. The zero-order valence-electron chi connectivity index (χ0n) is 8.51. The molecule has 0 bridgehead atoms. The van der Waals surface area contributed by atoms with Gasteiger partial charge >= 0.3 is 0 Å². The van der Waals surface area contributed by atoms with Gasteiger partial charge in [-0.25, -0.2) is 0 Å². The van der Waals surface area contributed by atoms with Gasteiger partial charge in [-0.15, -0.1) is 0 Å². The van der Waals surface area contributed by atoms with Crippen LogP contribution in [0.15, 0.2) is 0 Å². The summed E-state index contributed by atoms with van der Waals surface area (Å²) in [6.45, 7) is 7.81. The Bertz CT molecular complexity index is 309. The molecule has 13 heavy (non-hydrogen) atoms. The molecule has 1 heterocycles. The number of rotatable bonds is 2. The molecular formula is C9H15N3O. The lowest BCUT2D eigenvalue weighted by atomic mass is 9.89. The number of aromatic nitrogens is 3. The maximum Gasteiger partial charge on any atom is 0.181 e. The molecule has 1 N–H and O–H groups in total. The number of carbonyl (C=O) groups excluding carboxylic acids is 1. The van der Waals surface area contributed by atoms with E-state index in [1.807, 2.05) is 0 Å². The molecule has 4 nitrogen and oxygen atoms in total. The number of hydrogen-bond acceptors (Lipinski definition) is 3. The Labute approximate surface area is 77.7 Å². The molecule has 0 saturated carbocycles. The quantitative estimate of drug-likeness (QED) is 0.705. The van der Waals surface area contributed by atoms with E-state index < -0.39 is 0 Å². The van der Waals surface area contributed by atoms with Crippen molar-refractivity contribution in [2.24, 2.45) is 5.41 Å². The van der Waals surface area contributed by atoms with Gasteiger partial charge in [0, 0.05) is 6.92 Å². The topological polar surface area (TPSA) is 58.6 Å². The van der Waals surface area contributed by atoms with E-state index in [9.17, 15) is 4.79 Å². The van der Waals surface area contributed by atoms with Crippen molar-refractivity contribution in [2.75, 3.05) is 0 Å². The fourth-order valence-corrected chi connectivity index (χ4v) is 1.16. The van der Waals surface area contributed by atoms with Crippen LogP contribution in [0.25, 0.3) is 0 Å². The molecule has 0 spiro atoms. The van der Waals surface area contributed by atoms with Crippen LogP contribution >= 0.6 is 0 Å². The highest BCUT2D eigenvalue weighted by atomic mass is 16.1. The van der Waals surface area contributed by atoms with Gasteiger partial charge in [0.2, 0.25) is 0 Å². The van der Waals surface area contributed by atoms with Gasteiger partial charge in [0.15, 0.2) is 11.5 Å². The number of carbonyl (C=O) groups is 1. The Morgan fingerprint density at radius 3 is 2.46 bits per heavy atom. The second-order valence-corrected chi connectivity index (χ2v) is 4.41. The summed E-state index contributed by atoms with van der Waals surface area (Å²) < 4.78 is 0. The molecule has 0 saturated heterocycles. The molecule has 0 aliphatic carbocycles. The normalized spacial score (nSPS) is 11.7. The van der Waals surface area contributed by atoms with Gasteiger partial charge in [-0.3, -0.25) is 4.79 Å². The maximum absolute atomic E-state index is 11.1. The summed E-state index contributed by atoms with van der Waals surface area (Å²) in [7, 11) is 0. The first-order valence-electron chi connectivity index (χ1n) is 4.31. The monoisotopic (exact) mass is 181 g/mol. The van der Waals surface area contributed by atoms with Crippen molar-refractivity contribution in [1.82, 2.24) is 15.4 Å². The Kier molecular flexibility index (Phi) is 2.50. The zero-order chi connectivity index (χ0) is 10.1. The van der Waals surface area contributed by atoms with Crippen molar-refractivity contribution in [3.63, 3.8) is 0 Å². The van der Waals surface area contributed by atoms with Gasteiger partial charge in [0.05, 0.1) is 5.69 Å². The smallest absolute Gasteiger partial charge is 0.181 e. The number of nitrogens with one attached hydrogen (secondary N) is 1. The van der Waals surface area contributed by atoms with Crippen LogP contribution in [-0.2, 0) is 6.42 Å². The Morgan fingerprint density at radius 1 is 1.38 bits per heavy atom. The highest BCUT2D eigenvalue weighted by Gasteiger charge is 2.19. The van der Waals surface area contributed by atoms with E-state index in [2.05, 4.69) is 36.2 Å². The molecule has 0 radical (unpaired) electrons. The van der Waals surface area contributed by atoms with E-state index in [1.54, 1.807) is 0 Å². The second-order valence-electron chi connectivity index (χ2n) is 4.41. The van der Waals surface area contributed by atoms with Crippen LogP contribution in [0.5, 0.6) is 0 Å². The fraction of sp³-hybridized carbons (Fsp3) is 0.667. The van der Waals surface area contributed by atoms with Crippen LogP contribution < -0.4 is 0 Å². The van der Waals surface area contributed by atoms with Gasteiger partial charge in [0.25, 0.3) is 0 Å². The van der Waals surface area contributed by atoms with Gasteiger partial charge in [0.1, 0.15) is 0 Å².